The van der Waals surface area contributed by atoms with Gasteiger partial charge in [0.15, 0.2) is 0 Å². The van der Waals surface area contributed by atoms with Gasteiger partial charge >= 0.3 is 0 Å². The van der Waals surface area contributed by atoms with Crippen molar-refractivity contribution in [1.82, 2.24) is 0 Å². The van der Waals surface area contributed by atoms with Crippen molar-refractivity contribution in [3.63, 3.8) is 0 Å². The molecule has 230 valence electrons. The van der Waals surface area contributed by atoms with Gasteiger partial charge in [0, 0.05) is 37.3 Å². The second-order valence-corrected chi connectivity index (χ2v) is 13.5. The topological polar surface area (TPSA) is 16.4 Å². The zero-order valence-corrected chi connectivity index (χ0v) is 27.3. The summed E-state index contributed by atoms with van der Waals surface area (Å²) in [4.78, 5) is 2.45. The first-order valence-electron chi connectivity index (χ1n) is 16.6. The van der Waals surface area contributed by atoms with E-state index in [0.29, 0.717) is 0 Å². The van der Waals surface area contributed by atoms with Crippen LogP contribution in [0, 0.1) is 0 Å². The van der Waals surface area contributed by atoms with Gasteiger partial charge < -0.3 is 9.32 Å². The van der Waals surface area contributed by atoms with E-state index in [0.717, 1.165) is 38.9 Å². The van der Waals surface area contributed by atoms with Crippen molar-refractivity contribution >= 4 is 81.3 Å². The molecule has 0 bridgehead atoms. The summed E-state index contributed by atoms with van der Waals surface area (Å²) in [6.07, 6.45) is 0. The number of hydrogen-bond donors (Lipinski definition) is 0. The second-order valence-electron chi connectivity index (χ2n) is 12.5. The Bertz CT molecular complexity index is 2820. The molecule has 49 heavy (non-hydrogen) atoms. The summed E-state index contributed by atoms with van der Waals surface area (Å²) in [5, 5.41) is 7.31. The molecule has 0 aliphatic carbocycles. The van der Waals surface area contributed by atoms with Crippen LogP contribution in [0.15, 0.2) is 180 Å². The minimum absolute atomic E-state index is 0.908. The van der Waals surface area contributed by atoms with E-state index in [1.54, 1.807) is 0 Å². The van der Waals surface area contributed by atoms with E-state index in [2.05, 4.69) is 169 Å². The molecule has 2 heterocycles. The summed E-state index contributed by atoms with van der Waals surface area (Å²) in [5.74, 6) is 0. The van der Waals surface area contributed by atoms with Crippen LogP contribution < -0.4 is 4.90 Å². The van der Waals surface area contributed by atoms with Crippen molar-refractivity contribution in [3.8, 4) is 22.3 Å². The maximum Gasteiger partial charge on any atom is 0.136 e. The lowest BCUT2D eigenvalue weighted by Gasteiger charge is -2.28. The fourth-order valence-corrected chi connectivity index (χ4v) is 8.70. The van der Waals surface area contributed by atoms with Gasteiger partial charge in [0.05, 0.1) is 16.1 Å². The summed E-state index contributed by atoms with van der Waals surface area (Å²) >= 11 is 1.87. The molecular formula is C46H29NOS. The van der Waals surface area contributed by atoms with E-state index >= 15 is 0 Å². The molecule has 0 saturated carbocycles. The Labute approximate surface area is 287 Å². The van der Waals surface area contributed by atoms with Crippen molar-refractivity contribution in [2.75, 3.05) is 4.90 Å². The fourth-order valence-electron chi connectivity index (χ4n) is 7.47. The van der Waals surface area contributed by atoms with Gasteiger partial charge in [0.25, 0.3) is 0 Å². The first kappa shape index (κ1) is 27.9. The summed E-state index contributed by atoms with van der Waals surface area (Å²) < 4.78 is 8.79. The Balaban J connectivity index is 1.22. The van der Waals surface area contributed by atoms with Crippen LogP contribution in [0.2, 0.25) is 0 Å². The molecule has 0 atom stereocenters. The summed E-state index contributed by atoms with van der Waals surface area (Å²) in [6.45, 7) is 0. The smallest absolute Gasteiger partial charge is 0.136 e. The molecule has 2 nitrogen and oxygen atoms in total. The maximum atomic E-state index is 6.23. The molecule has 0 aliphatic heterocycles. The number of nitrogens with zero attached hydrogens (tertiary/aromatic N) is 1. The van der Waals surface area contributed by atoms with Crippen molar-refractivity contribution in [3.05, 3.63) is 176 Å². The number of furan rings is 1. The molecule has 10 rings (SSSR count). The second kappa shape index (κ2) is 11.2. The zero-order chi connectivity index (χ0) is 32.3. The maximum absolute atomic E-state index is 6.23. The quantitative estimate of drug-likeness (QED) is 0.186. The van der Waals surface area contributed by atoms with Crippen molar-refractivity contribution in [1.29, 1.82) is 0 Å². The van der Waals surface area contributed by atoms with Crippen LogP contribution >= 0.6 is 11.3 Å². The molecule has 0 amide bonds. The van der Waals surface area contributed by atoms with Crippen molar-refractivity contribution < 1.29 is 4.42 Å². The Kier molecular flexibility index (Phi) is 6.39. The third-order valence-electron chi connectivity index (χ3n) is 9.68. The zero-order valence-electron chi connectivity index (χ0n) is 26.5. The fraction of sp³-hybridized carbons (Fsp3) is 0. The molecule has 0 fully saturated rings. The average molecular weight is 644 g/mol. The summed E-state index contributed by atoms with van der Waals surface area (Å²) in [7, 11) is 0. The molecule has 8 aromatic carbocycles. The van der Waals surface area contributed by atoms with Crippen LogP contribution in [0.5, 0.6) is 0 Å². The molecule has 2 aromatic heterocycles. The molecule has 0 N–H and O–H groups in total. The van der Waals surface area contributed by atoms with Crippen molar-refractivity contribution in [2.45, 2.75) is 0 Å². The van der Waals surface area contributed by atoms with Crippen LogP contribution in [-0.2, 0) is 0 Å². The van der Waals surface area contributed by atoms with E-state index in [9.17, 15) is 0 Å². The van der Waals surface area contributed by atoms with Gasteiger partial charge in [0.2, 0.25) is 0 Å². The van der Waals surface area contributed by atoms with Gasteiger partial charge in [-0.1, -0.05) is 133 Å². The Morgan fingerprint density at radius 2 is 1.06 bits per heavy atom. The molecular weight excluding hydrogens is 615 g/mol. The summed E-state index contributed by atoms with van der Waals surface area (Å²) in [6, 6.07) is 63.2. The minimum atomic E-state index is 0.908. The number of benzene rings is 8. The third kappa shape index (κ3) is 4.47. The third-order valence-corrected chi connectivity index (χ3v) is 10.9. The van der Waals surface area contributed by atoms with Gasteiger partial charge in [-0.2, -0.15) is 0 Å². The average Bonchev–Trinajstić information content (AvgIpc) is 3.75. The predicted octanol–water partition coefficient (Wildman–Crippen LogP) is 13.9. The van der Waals surface area contributed by atoms with Gasteiger partial charge in [-0.3, -0.25) is 0 Å². The van der Waals surface area contributed by atoms with Crippen LogP contribution in [0.25, 0.3) is 75.1 Å². The Morgan fingerprint density at radius 3 is 1.94 bits per heavy atom. The molecule has 0 radical (unpaired) electrons. The van der Waals surface area contributed by atoms with Gasteiger partial charge in [-0.25, -0.2) is 0 Å². The van der Waals surface area contributed by atoms with Crippen LogP contribution in [0.4, 0.5) is 17.1 Å². The molecule has 0 aliphatic rings. The minimum Gasteiger partial charge on any atom is -0.456 e. The van der Waals surface area contributed by atoms with Gasteiger partial charge in [-0.15, -0.1) is 11.3 Å². The largest absolute Gasteiger partial charge is 0.456 e. The number of thiophene rings is 1. The van der Waals surface area contributed by atoms with Crippen LogP contribution in [0.1, 0.15) is 0 Å². The van der Waals surface area contributed by atoms with E-state index in [-0.39, 0.29) is 0 Å². The predicted molar refractivity (Wildman–Crippen MR) is 210 cm³/mol. The van der Waals surface area contributed by atoms with Crippen LogP contribution in [-0.4, -0.2) is 0 Å². The Hall–Kier alpha value is -6.16. The van der Waals surface area contributed by atoms with Gasteiger partial charge in [0.1, 0.15) is 11.2 Å². The first-order chi connectivity index (χ1) is 24.3. The number of hydrogen-bond acceptors (Lipinski definition) is 3. The van der Waals surface area contributed by atoms with Gasteiger partial charge in [-0.05, 0) is 70.1 Å². The molecule has 0 unspecified atom stereocenters. The molecule has 0 saturated heterocycles. The van der Waals surface area contributed by atoms with E-state index in [1.807, 2.05) is 23.5 Å². The standard InChI is InChI=1S/C46H29NOS/c1-2-12-31(13-3-1)36-28-29-40(46-45(36)38-18-7-9-23-43(38)49-46)47(39-20-10-15-30-14-4-5-16-34(30)39)33-26-24-32(25-27-33)35-19-11-22-42-44(35)37-17-6-8-21-41(37)48-42/h1-29H. The number of rotatable bonds is 5. The first-order valence-corrected chi connectivity index (χ1v) is 17.4. The summed E-state index contributed by atoms with van der Waals surface area (Å²) in [5.41, 5.74) is 10.1. The highest BCUT2D eigenvalue weighted by molar-refractivity contribution is 7.26. The number of anilines is 3. The van der Waals surface area contributed by atoms with Crippen LogP contribution in [0.3, 0.4) is 0 Å². The molecule has 0 spiro atoms. The molecule has 3 heteroatoms. The highest BCUT2D eigenvalue weighted by Crippen LogP contribution is 2.49. The Morgan fingerprint density at radius 1 is 0.408 bits per heavy atom. The number of fused-ring (bicyclic) bond motifs is 7. The lowest BCUT2D eigenvalue weighted by molar-refractivity contribution is 0.669. The van der Waals surface area contributed by atoms with E-state index in [4.69, 9.17) is 4.42 Å². The lowest BCUT2D eigenvalue weighted by Crippen LogP contribution is -2.10. The van der Waals surface area contributed by atoms with E-state index in [1.165, 1.54) is 53.3 Å². The highest BCUT2D eigenvalue weighted by atomic mass is 32.1. The van der Waals surface area contributed by atoms with Crippen molar-refractivity contribution in [2.24, 2.45) is 0 Å². The van der Waals surface area contributed by atoms with E-state index < -0.39 is 0 Å². The highest BCUT2D eigenvalue weighted by Gasteiger charge is 2.22. The number of para-hydroxylation sites is 1. The molecule has 10 aromatic rings. The normalized spacial score (nSPS) is 11.7. The SMILES string of the molecule is c1ccc(-c2ccc(N(c3ccc(-c4cccc5oc6ccccc6c45)cc3)c3cccc4ccccc34)c3sc4ccccc4c23)cc1. The monoisotopic (exact) mass is 643 g/mol. The lowest BCUT2D eigenvalue weighted by atomic mass is 9.97.